The van der Waals surface area contributed by atoms with Crippen LogP contribution < -0.4 is 0 Å². The van der Waals surface area contributed by atoms with Gasteiger partial charge in [0.1, 0.15) is 6.10 Å². The molecule has 1 aliphatic heterocycles. The molecule has 0 radical (unpaired) electrons. The SMILES string of the molecule is O=C1C[C@@H]2Cc3ccccc3C3(CC3)[C@H]2O1. The van der Waals surface area contributed by atoms with Gasteiger partial charge >= 0.3 is 5.97 Å². The first-order valence-corrected chi connectivity index (χ1v) is 6.07. The standard InChI is InChI=1S/C14H14O2/c15-12-8-10-7-9-3-1-2-4-11(9)14(5-6-14)13(10)16-12/h1-4,10,13H,5-8H2/t10-,13-/m0/s1. The van der Waals surface area contributed by atoms with Crippen molar-refractivity contribution < 1.29 is 9.53 Å². The largest absolute Gasteiger partial charge is 0.461 e. The fraction of sp³-hybridized carbons (Fsp3) is 0.500. The van der Waals surface area contributed by atoms with Crippen LogP contribution in [0.5, 0.6) is 0 Å². The lowest BCUT2D eigenvalue weighted by Crippen LogP contribution is -2.37. The average molecular weight is 214 g/mol. The highest BCUT2D eigenvalue weighted by Crippen LogP contribution is 2.59. The van der Waals surface area contributed by atoms with E-state index in [0.717, 1.165) is 6.42 Å². The molecule has 2 atom stereocenters. The van der Waals surface area contributed by atoms with Gasteiger partial charge in [0.25, 0.3) is 0 Å². The molecule has 0 unspecified atom stereocenters. The molecule has 1 spiro atoms. The maximum absolute atomic E-state index is 11.5. The van der Waals surface area contributed by atoms with Crippen LogP contribution in [0.25, 0.3) is 0 Å². The average Bonchev–Trinajstić information content (AvgIpc) is 2.97. The number of benzene rings is 1. The van der Waals surface area contributed by atoms with Crippen molar-refractivity contribution in [1.29, 1.82) is 0 Å². The van der Waals surface area contributed by atoms with Crippen molar-refractivity contribution in [1.82, 2.24) is 0 Å². The molecule has 0 aromatic heterocycles. The highest BCUT2D eigenvalue weighted by molar-refractivity contribution is 5.73. The molecule has 1 saturated carbocycles. The molecule has 3 aliphatic rings. The van der Waals surface area contributed by atoms with E-state index >= 15 is 0 Å². The maximum atomic E-state index is 11.5. The number of ether oxygens (including phenoxy) is 1. The number of carbonyl (C=O) groups is 1. The molecule has 2 heteroatoms. The molecule has 1 aromatic carbocycles. The van der Waals surface area contributed by atoms with Crippen LogP contribution in [0.4, 0.5) is 0 Å². The van der Waals surface area contributed by atoms with Crippen molar-refractivity contribution >= 4 is 5.97 Å². The Morgan fingerprint density at radius 3 is 2.81 bits per heavy atom. The molecule has 0 N–H and O–H groups in total. The summed E-state index contributed by atoms with van der Waals surface area (Å²) < 4.78 is 5.56. The van der Waals surface area contributed by atoms with Crippen molar-refractivity contribution in [3.8, 4) is 0 Å². The monoisotopic (exact) mass is 214 g/mol. The van der Waals surface area contributed by atoms with Gasteiger partial charge in [0.05, 0.1) is 6.42 Å². The molecule has 2 fully saturated rings. The second-order valence-electron chi connectivity index (χ2n) is 5.39. The van der Waals surface area contributed by atoms with E-state index in [0.29, 0.717) is 12.3 Å². The summed E-state index contributed by atoms with van der Waals surface area (Å²) in [6.07, 6.45) is 4.21. The summed E-state index contributed by atoms with van der Waals surface area (Å²) in [5.41, 5.74) is 3.09. The topological polar surface area (TPSA) is 26.3 Å². The van der Waals surface area contributed by atoms with E-state index in [9.17, 15) is 4.79 Å². The van der Waals surface area contributed by atoms with Crippen LogP contribution in [-0.4, -0.2) is 12.1 Å². The van der Waals surface area contributed by atoms with Crippen molar-refractivity contribution in [2.75, 3.05) is 0 Å². The van der Waals surface area contributed by atoms with Gasteiger partial charge in [0, 0.05) is 11.3 Å². The van der Waals surface area contributed by atoms with Crippen LogP contribution in [0.15, 0.2) is 24.3 Å². The van der Waals surface area contributed by atoms with Gasteiger partial charge in [-0.15, -0.1) is 0 Å². The minimum Gasteiger partial charge on any atom is -0.461 e. The quantitative estimate of drug-likeness (QED) is 0.619. The molecule has 16 heavy (non-hydrogen) atoms. The summed E-state index contributed by atoms with van der Waals surface area (Å²) in [7, 11) is 0. The molecule has 0 amide bonds. The van der Waals surface area contributed by atoms with Gasteiger partial charge in [-0.2, -0.15) is 0 Å². The summed E-state index contributed by atoms with van der Waals surface area (Å²) in [5.74, 6) is 0.444. The minimum atomic E-state index is 0.00841. The van der Waals surface area contributed by atoms with Crippen LogP contribution in [-0.2, 0) is 21.4 Å². The van der Waals surface area contributed by atoms with Crippen LogP contribution in [0.3, 0.4) is 0 Å². The van der Waals surface area contributed by atoms with Crippen LogP contribution >= 0.6 is 0 Å². The lowest BCUT2D eigenvalue weighted by atomic mass is 9.72. The number of rotatable bonds is 0. The number of esters is 1. The third kappa shape index (κ3) is 0.952. The number of carbonyl (C=O) groups excluding carboxylic acids is 1. The first-order valence-electron chi connectivity index (χ1n) is 6.07. The lowest BCUT2D eigenvalue weighted by Gasteiger charge is -2.34. The van der Waals surface area contributed by atoms with Crippen molar-refractivity contribution in [2.45, 2.75) is 37.2 Å². The van der Waals surface area contributed by atoms with E-state index in [4.69, 9.17) is 4.74 Å². The third-order valence-electron chi connectivity index (χ3n) is 4.48. The first-order chi connectivity index (χ1) is 7.79. The molecule has 1 aromatic rings. The van der Waals surface area contributed by atoms with E-state index in [1.165, 1.54) is 24.0 Å². The Hall–Kier alpha value is -1.31. The molecular formula is C14H14O2. The second-order valence-corrected chi connectivity index (χ2v) is 5.39. The summed E-state index contributed by atoms with van der Waals surface area (Å²) in [6, 6.07) is 8.65. The molecule has 2 aliphatic carbocycles. The van der Waals surface area contributed by atoms with E-state index < -0.39 is 0 Å². The zero-order valence-electron chi connectivity index (χ0n) is 9.11. The van der Waals surface area contributed by atoms with E-state index in [1.807, 2.05) is 0 Å². The molecule has 0 bridgehead atoms. The van der Waals surface area contributed by atoms with Gasteiger partial charge in [0.15, 0.2) is 0 Å². The Labute approximate surface area is 94.6 Å². The number of hydrogen-bond donors (Lipinski definition) is 0. The number of fused-ring (bicyclic) bond motifs is 4. The van der Waals surface area contributed by atoms with Crippen molar-refractivity contribution in [2.24, 2.45) is 5.92 Å². The highest BCUT2D eigenvalue weighted by Gasteiger charge is 2.60. The normalized spacial score (nSPS) is 33.1. The van der Waals surface area contributed by atoms with Gasteiger partial charge in [-0.3, -0.25) is 4.79 Å². The predicted molar refractivity (Wildman–Crippen MR) is 59.0 cm³/mol. The lowest BCUT2D eigenvalue weighted by molar-refractivity contribution is -0.142. The van der Waals surface area contributed by atoms with Gasteiger partial charge in [0.2, 0.25) is 0 Å². The van der Waals surface area contributed by atoms with E-state index in [2.05, 4.69) is 24.3 Å². The molecule has 4 rings (SSSR count). The van der Waals surface area contributed by atoms with Gasteiger partial charge in [-0.1, -0.05) is 24.3 Å². The van der Waals surface area contributed by atoms with Gasteiger partial charge in [-0.05, 0) is 30.4 Å². The van der Waals surface area contributed by atoms with E-state index in [1.54, 1.807) is 0 Å². The Kier molecular flexibility index (Phi) is 1.47. The zero-order chi connectivity index (χ0) is 10.8. The molecule has 82 valence electrons. The highest BCUT2D eigenvalue weighted by atomic mass is 16.6. The summed E-state index contributed by atoms with van der Waals surface area (Å²) >= 11 is 0. The molecular weight excluding hydrogens is 200 g/mol. The smallest absolute Gasteiger partial charge is 0.306 e. The van der Waals surface area contributed by atoms with Crippen molar-refractivity contribution in [3.05, 3.63) is 35.4 Å². The zero-order valence-corrected chi connectivity index (χ0v) is 9.11. The Morgan fingerprint density at radius 2 is 2.00 bits per heavy atom. The Bertz CT molecular complexity index is 473. The summed E-state index contributed by atoms with van der Waals surface area (Å²) in [5, 5.41) is 0. The molecule has 1 saturated heterocycles. The van der Waals surface area contributed by atoms with Crippen LogP contribution in [0.1, 0.15) is 30.4 Å². The molecule has 2 nitrogen and oxygen atoms in total. The van der Waals surface area contributed by atoms with E-state index in [-0.39, 0.29) is 17.5 Å². The number of hydrogen-bond acceptors (Lipinski definition) is 2. The Balaban J connectivity index is 1.87. The maximum Gasteiger partial charge on any atom is 0.306 e. The predicted octanol–water partition coefficient (Wildman–Crippen LogP) is 2.21. The Morgan fingerprint density at radius 1 is 1.19 bits per heavy atom. The van der Waals surface area contributed by atoms with Gasteiger partial charge < -0.3 is 4.74 Å². The fourth-order valence-electron chi connectivity index (χ4n) is 3.66. The van der Waals surface area contributed by atoms with Crippen molar-refractivity contribution in [3.63, 3.8) is 0 Å². The van der Waals surface area contributed by atoms with Crippen LogP contribution in [0.2, 0.25) is 0 Å². The third-order valence-corrected chi connectivity index (χ3v) is 4.48. The summed E-state index contributed by atoms with van der Waals surface area (Å²) in [6.45, 7) is 0. The van der Waals surface area contributed by atoms with Crippen LogP contribution in [0, 0.1) is 5.92 Å². The first kappa shape index (κ1) is 8.80. The molecule has 1 heterocycles. The second kappa shape index (κ2) is 2.68. The minimum absolute atomic E-state index is 0.00841. The summed E-state index contributed by atoms with van der Waals surface area (Å²) in [4.78, 5) is 11.5. The fourth-order valence-corrected chi connectivity index (χ4v) is 3.66. The van der Waals surface area contributed by atoms with Gasteiger partial charge in [-0.25, -0.2) is 0 Å².